The average Bonchev–Trinajstić information content (AvgIpc) is 2.30. The Kier molecular flexibility index (Phi) is 2.65. The molecule has 0 aromatic heterocycles. The molecule has 0 aromatic rings. The zero-order valence-corrected chi connectivity index (χ0v) is 7.39. The van der Waals surface area contributed by atoms with E-state index in [1.165, 1.54) is 12.2 Å². The second-order valence-corrected chi connectivity index (χ2v) is 2.70. The number of nitrogens with zero attached hydrogens (tertiary/aromatic N) is 3. The number of amidine groups is 1. The summed E-state index contributed by atoms with van der Waals surface area (Å²) in [5, 5.41) is 5.40. The molecule has 0 radical (unpaired) electrons. The van der Waals surface area contributed by atoms with E-state index >= 15 is 0 Å². The summed E-state index contributed by atoms with van der Waals surface area (Å²) < 4.78 is 36.6. The third kappa shape index (κ3) is 2.24. The molecule has 1 aliphatic heterocycles. The number of hydrogen-bond acceptors (Lipinski definition) is 4. The van der Waals surface area contributed by atoms with Crippen LogP contribution < -0.4 is 5.53 Å². The van der Waals surface area contributed by atoms with Crippen molar-refractivity contribution >= 4 is 5.84 Å². The molecule has 0 atom stereocenters. The number of halogens is 3. The van der Waals surface area contributed by atoms with Crippen LogP contribution in [0, 0.1) is 0 Å². The minimum Gasteiger partial charge on any atom is -0.270 e. The number of hydrogen-bond donors (Lipinski definition) is 1. The molecule has 1 rings (SSSR count). The summed E-state index contributed by atoms with van der Waals surface area (Å²) >= 11 is 0. The van der Waals surface area contributed by atoms with Gasteiger partial charge in [-0.05, 0) is 6.42 Å². The van der Waals surface area contributed by atoms with E-state index in [4.69, 9.17) is 0 Å². The van der Waals surface area contributed by atoms with Gasteiger partial charge >= 0.3 is 6.18 Å². The van der Waals surface area contributed by atoms with Gasteiger partial charge < -0.3 is 0 Å². The topological polar surface area (TPSA) is 30.9 Å². The number of hydrazone groups is 1. The fourth-order valence-electron chi connectivity index (χ4n) is 0.983. The van der Waals surface area contributed by atoms with E-state index in [1.807, 2.05) is 6.92 Å². The maximum Gasteiger partial charge on any atom is 0.452 e. The van der Waals surface area contributed by atoms with Crippen LogP contribution in [0.3, 0.4) is 0 Å². The average molecular weight is 196 g/mol. The molecule has 1 N–H and O–H groups in total. The third-order valence-corrected chi connectivity index (χ3v) is 1.49. The van der Waals surface area contributed by atoms with Gasteiger partial charge in [-0.15, -0.1) is 10.6 Å². The van der Waals surface area contributed by atoms with Crippen LogP contribution in [0.15, 0.2) is 5.10 Å². The van der Waals surface area contributed by atoms with E-state index in [-0.39, 0.29) is 0 Å². The largest absolute Gasteiger partial charge is 0.452 e. The van der Waals surface area contributed by atoms with E-state index in [1.54, 1.807) is 0 Å². The smallest absolute Gasteiger partial charge is 0.270 e. The van der Waals surface area contributed by atoms with Gasteiger partial charge in [0, 0.05) is 7.05 Å². The van der Waals surface area contributed by atoms with Crippen molar-refractivity contribution in [3.05, 3.63) is 0 Å². The summed E-state index contributed by atoms with van der Waals surface area (Å²) in [5.41, 5.74) is 2.45. The molecule has 0 unspecified atom stereocenters. The van der Waals surface area contributed by atoms with Gasteiger partial charge in [-0.2, -0.15) is 13.2 Å². The van der Waals surface area contributed by atoms with Gasteiger partial charge in [0.1, 0.15) is 0 Å². The molecule has 0 spiro atoms. The fraction of sp³-hybridized carbons (Fsp3) is 0.833. The molecule has 0 fully saturated rings. The summed E-state index contributed by atoms with van der Waals surface area (Å²) in [7, 11) is 1.28. The van der Waals surface area contributed by atoms with E-state index in [0.29, 0.717) is 6.54 Å². The van der Waals surface area contributed by atoms with Crippen molar-refractivity contribution in [2.24, 2.45) is 5.10 Å². The van der Waals surface area contributed by atoms with Crippen LogP contribution >= 0.6 is 0 Å². The molecule has 0 amide bonds. The monoisotopic (exact) mass is 196 g/mol. The van der Waals surface area contributed by atoms with Crippen LogP contribution in [0.2, 0.25) is 0 Å². The highest BCUT2D eigenvalue weighted by Gasteiger charge is 2.42. The lowest BCUT2D eigenvalue weighted by molar-refractivity contribution is -0.0681. The molecule has 1 aliphatic rings. The van der Waals surface area contributed by atoms with Gasteiger partial charge in [-0.1, -0.05) is 6.92 Å². The predicted octanol–water partition coefficient (Wildman–Crippen LogP) is 0.939. The Bertz CT molecular complexity index is 212. The van der Waals surface area contributed by atoms with Crippen molar-refractivity contribution in [1.29, 1.82) is 0 Å². The molecule has 13 heavy (non-hydrogen) atoms. The van der Waals surface area contributed by atoms with Gasteiger partial charge in [0.15, 0.2) is 0 Å². The van der Waals surface area contributed by atoms with Crippen LogP contribution in [0.5, 0.6) is 0 Å². The standard InChI is InChI=1S/C6H11F3N4/c1-3-4-13-10-5(6(7,8)9)12(2)11-13/h11H,3-4H2,1-2H3. The van der Waals surface area contributed by atoms with Crippen LogP contribution in [-0.2, 0) is 0 Å². The Balaban J connectivity index is 2.68. The Morgan fingerprint density at radius 3 is 2.46 bits per heavy atom. The lowest BCUT2D eigenvalue weighted by Crippen LogP contribution is -2.44. The van der Waals surface area contributed by atoms with Gasteiger partial charge in [0.25, 0.3) is 0 Å². The molecule has 0 bridgehead atoms. The molecule has 7 heteroatoms. The van der Waals surface area contributed by atoms with Gasteiger partial charge in [-0.25, -0.2) is 5.12 Å². The molecule has 4 nitrogen and oxygen atoms in total. The Labute approximate surface area is 73.9 Å². The maximum atomic E-state index is 12.2. The fourth-order valence-corrected chi connectivity index (χ4v) is 0.983. The van der Waals surface area contributed by atoms with Crippen molar-refractivity contribution in [3.63, 3.8) is 0 Å². The molecule has 0 aromatic carbocycles. The van der Waals surface area contributed by atoms with E-state index in [0.717, 1.165) is 11.4 Å². The number of hydrazine groups is 2. The summed E-state index contributed by atoms with van der Waals surface area (Å²) in [6.07, 6.45) is -3.67. The highest BCUT2D eigenvalue weighted by Crippen LogP contribution is 2.21. The lowest BCUT2D eigenvalue weighted by Gasteiger charge is -2.17. The highest BCUT2D eigenvalue weighted by molar-refractivity contribution is 5.87. The maximum absolute atomic E-state index is 12.2. The Morgan fingerprint density at radius 2 is 2.08 bits per heavy atom. The Hall–Kier alpha value is -0.980. The first-order chi connectivity index (χ1) is 5.95. The summed E-state index contributed by atoms with van der Waals surface area (Å²) in [4.78, 5) is 0. The molecule has 0 aliphatic carbocycles. The highest BCUT2D eigenvalue weighted by atomic mass is 19.4. The first kappa shape index (κ1) is 10.1. The van der Waals surface area contributed by atoms with Crippen molar-refractivity contribution in [2.75, 3.05) is 13.6 Å². The summed E-state index contributed by atoms with van der Waals surface area (Å²) in [5.74, 6) is -0.916. The van der Waals surface area contributed by atoms with Gasteiger partial charge in [-0.3, -0.25) is 5.01 Å². The second kappa shape index (κ2) is 3.41. The van der Waals surface area contributed by atoms with Crippen molar-refractivity contribution in [3.8, 4) is 0 Å². The summed E-state index contributed by atoms with van der Waals surface area (Å²) in [6.45, 7) is 2.31. The molecule has 0 saturated carbocycles. The SMILES string of the molecule is CCCN1N=C(C(F)(F)F)N(C)N1. The van der Waals surface area contributed by atoms with Crippen LogP contribution in [-0.4, -0.2) is 35.7 Å². The molecular weight excluding hydrogens is 185 g/mol. The lowest BCUT2D eigenvalue weighted by atomic mass is 10.5. The minimum atomic E-state index is -4.40. The second-order valence-electron chi connectivity index (χ2n) is 2.70. The van der Waals surface area contributed by atoms with Crippen molar-refractivity contribution in [1.82, 2.24) is 15.7 Å². The van der Waals surface area contributed by atoms with Crippen LogP contribution in [0.4, 0.5) is 13.2 Å². The molecular formula is C6H11F3N4. The predicted molar refractivity (Wildman–Crippen MR) is 41.4 cm³/mol. The number of rotatable bonds is 2. The van der Waals surface area contributed by atoms with E-state index in [2.05, 4.69) is 10.6 Å². The van der Waals surface area contributed by atoms with Crippen LogP contribution in [0.25, 0.3) is 0 Å². The third-order valence-electron chi connectivity index (χ3n) is 1.49. The van der Waals surface area contributed by atoms with Gasteiger partial charge in [0.2, 0.25) is 5.84 Å². The van der Waals surface area contributed by atoms with Gasteiger partial charge in [0.05, 0.1) is 6.54 Å². The van der Waals surface area contributed by atoms with Crippen molar-refractivity contribution in [2.45, 2.75) is 19.5 Å². The quantitative estimate of drug-likeness (QED) is 0.713. The van der Waals surface area contributed by atoms with Crippen molar-refractivity contribution < 1.29 is 13.2 Å². The normalized spacial score (nSPS) is 18.1. The zero-order valence-electron chi connectivity index (χ0n) is 7.39. The molecule has 76 valence electrons. The zero-order chi connectivity index (χ0) is 10.1. The van der Waals surface area contributed by atoms with Crippen LogP contribution in [0.1, 0.15) is 13.3 Å². The Morgan fingerprint density at radius 1 is 1.46 bits per heavy atom. The number of nitrogens with one attached hydrogen (secondary N) is 1. The first-order valence-corrected chi connectivity index (χ1v) is 3.88. The minimum absolute atomic E-state index is 0.448. The molecule has 0 saturated heterocycles. The van der Waals surface area contributed by atoms with E-state index < -0.39 is 12.0 Å². The molecule has 1 heterocycles. The summed E-state index contributed by atoms with van der Waals surface area (Å²) in [6, 6.07) is 0. The van der Waals surface area contributed by atoms with E-state index in [9.17, 15) is 13.2 Å². The first-order valence-electron chi connectivity index (χ1n) is 3.88. The number of alkyl halides is 3.